The lowest BCUT2D eigenvalue weighted by Crippen LogP contribution is -2.27. The summed E-state index contributed by atoms with van der Waals surface area (Å²) < 4.78 is 5.26. The van der Waals surface area contributed by atoms with Gasteiger partial charge in [-0.1, -0.05) is 30.3 Å². The molecule has 1 saturated carbocycles. The van der Waals surface area contributed by atoms with E-state index in [0.717, 1.165) is 18.4 Å². The number of nitrogens with two attached hydrogens (primary N) is 1. The van der Waals surface area contributed by atoms with Gasteiger partial charge in [0.2, 0.25) is 0 Å². The zero-order valence-electron chi connectivity index (χ0n) is 9.26. The molecular weight excluding hydrogens is 202 g/mol. The summed E-state index contributed by atoms with van der Waals surface area (Å²) in [6.07, 6.45) is 3.59. The van der Waals surface area contributed by atoms with Crippen molar-refractivity contribution in [3.05, 3.63) is 35.9 Å². The second kappa shape index (κ2) is 5.12. The van der Waals surface area contributed by atoms with Crippen LogP contribution in [0.5, 0.6) is 0 Å². The van der Waals surface area contributed by atoms with E-state index in [0.29, 0.717) is 0 Å². The summed E-state index contributed by atoms with van der Waals surface area (Å²) in [6, 6.07) is 9.39. The Bertz CT molecular complexity index is 346. The Morgan fingerprint density at radius 2 is 2.06 bits per heavy atom. The van der Waals surface area contributed by atoms with E-state index in [2.05, 4.69) is 0 Å². The first-order chi connectivity index (χ1) is 7.75. The standard InChI is InChI=1S/C13H17NO2/c14-12(10-5-2-1-3-6-10)9-13(15)16-11-7-4-8-11/h1-3,5-6,11-12H,4,7-9,14H2. The maximum absolute atomic E-state index is 11.5. The van der Waals surface area contributed by atoms with Crippen LogP contribution >= 0.6 is 0 Å². The van der Waals surface area contributed by atoms with Crippen LogP contribution in [0.25, 0.3) is 0 Å². The highest BCUT2D eigenvalue weighted by molar-refractivity contribution is 5.70. The monoisotopic (exact) mass is 219 g/mol. The van der Waals surface area contributed by atoms with Crippen molar-refractivity contribution >= 4 is 5.97 Å². The predicted molar refractivity (Wildman–Crippen MR) is 61.7 cm³/mol. The average molecular weight is 219 g/mol. The molecule has 1 aliphatic carbocycles. The third-order valence-electron chi connectivity index (χ3n) is 2.96. The molecule has 1 aliphatic rings. The molecule has 3 nitrogen and oxygen atoms in total. The minimum atomic E-state index is -0.256. The van der Waals surface area contributed by atoms with Gasteiger partial charge >= 0.3 is 5.97 Å². The Morgan fingerprint density at radius 1 is 1.38 bits per heavy atom. The third kappa shape index (κ3) is 2.83. The number of carbonyl (C=O) groups is 1. The molecular formula is C13H17NO2. The molecule has 0 bridgehead atoms. The van der Waals surface area contributed by atoms with Crippen molar-refractivity contribution in [3.63, 3.8) is 0 Å². The van der Waals surface area contributed by atoms with Crippen molar-refractivity contribution in [1.82, 2.24) is 0 Å². The lowest BCUT2D eigenvalue weighted by Gasteiger charge is -2.25. The summed E-state index contributed by atoms with van der Waals surface area (Å²) in [5.41, 5.74) is 6.91. The number of rotatable bonds is 4. The maximum Gasteiger partial charge on any atom is 0.307 e. The van der Waals surface area contributed by atoms with Crippen molar-refractivity contribution in [3.8, 4) is 0 Å². The molecule has 3 heteroatoms. The van der Waals surface area contributed by atoms with Gasteiger partial charge in [0.15, 0.2) is 0 Å². The highest BCUT2D eigenvalue weighted by Crippen LogP contribution is 2.23. The number of hydrogen-bond donors (Lipinski definition) is 1. The number of hydrogen-bond acceptors (Lipinski definition) is 3. The molecule has 0 radical (unpaired) electrons. The van der Waals surface area contributed by atoms with E-state index < -0.39 is 0 Å². The van der Waals surface area contributed by atoms with Crippen molar-refractivity contribution in [2.45, 2.75) is 37.8 Å². The molecule has 2 N–H and O–H groups in total. The van der Waals surface area contributed by atoms with Crippen molar-refractivity contribution < 1.29 is 9.53 Å². The van der Waals surface area contributed by atoms with Crippen LogP contribution in [0.2, 0.25) is 0 Å². The van der Waals surface area contributed by atoms with Gasteiger partial charge in [-0.3, -0.25) is 4.79 Å². The van der Waals surface area contributed by atoms with Gasteiger partial charge in [0, 0.05) is 6.04 Å². The Labute approximate surface area is 95.6 Å². The smallest absolute Gasteiger partial charge is 0.307 e. The summed E-state index contributed by atoms with van der Waals surface area (Å²) >= 11 is 0. The molecule has 0 saturated heterocycles. The summed E-state index contributed by atoms with van der Waals surface area (Å²) in [4.78, 5) is 11.5. The third-order valence-corrected chi connectivity index (χ3v) is 2.96. The van der Waals surface area contributed by atoms with Crippen LogP contribution in [0.15, 0.2) is 30.3 Å². The second-order valence-electron chi connectivity index (χ2n) is 4.26. The first-order valence-electron chi connectivity index (χ1n) is 5.75. The van der Waals surface area contributed by atoms with Gasteiger partial charge in [0.1, 0.15) is 6.10 Å². The molecule has 1 atom stereocenters. The van der Waals surface area contributed by atoms with E-state index in [1.165, 1.54) is 6.42 Å². The van der Waals surface area contributed by atoms with E-state index in [1.807, 2.05) is 30.3 Å². The highest BCUT2D eigenvalue weighted by Gasteiger charge is 2.22. The van der Waals surface area contributed by atoms with Crippen LogP contribution < -0.4 is 5.73 Å². The molecule has 1 fully saturated rings. The second-order valence-corrected chi connectivity index (χ2v) is 4.26. The average Bonchev–Trinajstić information content (AvgIpc) is 2.25. The van der Waals surface area contributed by atoms with Crippen LogP contribution in [-0.2, 0) is 9.53 Å². The number of ether oxygens (including phenoxy) is 1. The van der Waals surface area contributed by atoms with Crippen LogP contribution in [0, 0.1) is 0 Å². The minimum absolute atomic E-state index is 0.149. The fourth-order valence-electron chi connectivity index (χ4n) is 1.72. The SMILES string of the molecule is NC(CC(=O)OC1CCC1)c1ccccc1. The maximum atomic E-state index is 11.5. The molecule has 16 heavy (non-hydrogen) atoms. The Hall–Kier alpha value is -1.35. The fourth-order valence-corrected chi connectivity index (χ4v) is 1.72. The van der Waals surface area contributed by atoms with Gasteiger partial charge < -0.3 is 10.5 Å². The summed E-state index contributed by atoms with van der Waals surface area (Å²) in [5.74, 6) is -0.180. The van der Waals surface area contributed by atoms with E-state index >= 15 is 0 Å². The molecule has 0 aromatic heterocycles. The van der Waals surface area contributed by atoms with Crippen molar-refractivity contribution in [2.24, 2.45) is 5.73 Å². The number of carbonyl (C=O) groups excluding carboxylic acids is 1. The summed E-state index contributed by atoms with van der Waals surface area (Å²) in [7, 11) is 0. The first kappa shape index (κ1) is 11.1. The Kier molecular flexibility index (Phi) is 3.57. The molecule has 0 heterocycles. The van der Waals surface area contributed by atoms with Crippen LogP contribution in [0.1, 0.15) is 37.3 Å². The quantitative estimate of drug-likeness (QED) is 0.789. The van der Waals surface area contributed by atoms with E-state index in [1.54, 1.807) is 0 Å². The molecule has 1 unspecified atom stereocenters. The van der Waals surface area contributed by atoms with Crippen LogP contribution in [0.3, 0.4) is 0 Å². The molecule has 0 aliphatic heterocycles. The normalized spacial score (nSPS) is 17.6. The van der Waals surface area contributed by atoms with Crippen molar-refractivity contribution in [1.29, 1.82) is 0 Å². The van der Waals surface area contributed by atoms with Gasteiger partial charge in [-0.15, -0.1) is 0 Å². The zero-order valence-corrected chi connectivity index (χ0v) is 9.26. The molecule has 0 spiro atoms. The molecule has 86 valence electrons. The van der Waals surface area contributed by atoms with Crippen LogP contribution in [-0.4, -0.2) is 12.1 Å². The zero-order chi connectivity index (χ0) is 11.4. The van der Waals surface area contributed by atoms with Gasteiger partial charge in [-0.05, 0) is 24.8 Å². The van der Waals surface area contributed by atoms with Crippen LogP contribution in [0.4, 0.5) is 0 Å². The highest BCUT2D eigenvalue weighted by atomic mass is 16.5. The topological polar surface area (TPSA) is 52.3 Å². The van der Waals surface area contributed by atoms with E-state index in [-0.39, 0.29) is 24.5 Å². The molecule has 2 rings (SSSR count). The largest absolute Gasteiger partial charge is 0.462 e. The summed E-state index contributed by atoms with van der Waals surface area (Å²) in [6.45, 7) is 0. The Morgan fingerprint density at radius 3 is 2.62 bits per heavy atom. The van der Waals surface area contributed by atoms with E-state index in [4.69, 9.17) is 10.5 Å². The van der Waals surface area contributed by atoms with Gasteiger partial charge in [0.05, 0.1) is 6.42 Å². The van der Waals surface area contributed by atoms with E-state index in [9.17, 15) is 4.79 Å². The van der Waals surface area contributed by atoms with Gasteiger partial charge in [-0.25, -0.2) is 0 Å². The number of benzene rings is 1. The molecule has 1 aromatic carbocycles. The minimum Gasteiger partial charge on any atom is -0.462 e. The fraction of sp³-hybridized carbons (Fsp3) is 0.462. The van der Waals surface area contributed by atoms with Gasteiger partial charge in [0.25, 0.3) is 0 Å². The molecule has 1 aromatic rings. The first-order valence-corrected chi connectivity index (χ1v) is 5.75. The Balaban J connectivity index is 1.82. The lowest BCUT2D eigenvalue weighted by molar-refractivity contribution is -0.153. The molecule has 0 amide bonds. The van der Waals surface area contributed by atoms with Crippen molar-refractivity contribution in [2.75, 3.05) is 0 Å². The number of esters is 1. The predicted octanol–water partition coefficient (Wildman–Crippen LogP) is 2.17. The van der Waals surface area contributed by atoms with Gasteiger partial charge in [-0.2, -0.15) is 0 Å². The summed E-state index contributed by atoms with van der Waals surface area (Å²) in [5, 5.41) is 0. The lowest BCUT2D eigenvalue weighted by atomic mass is 9.96.